The second-order valence-corrected chi connectivity index (χ2v) is 12.4. The first-order valence-corrected chi connectivity index (χ1v) is 17.4. The number of hydrogen-bond acceptors (Lipinski definition) is 10. The molecule has 0 aliphatic rings. The molecule has 0 spiro atoms. The summed E-state index contributed by atoms with van der Waals surface area (Å²) in [5, 5.41) is 0.302. The maximum atomic E-state index is 13.6. The molecule has 3 heterocycles. The molecule has 0 N–H and O–H groups in total. The molecule has 3 aromatic heterocycles. The van der Waals surface area contributed by atoms with Gasteiger partial charge in [0.15, 0.2) is 0 Å². The lowest BCUT2D eigenvalue weighted by Crippen LogP contribution is -2.05. The van der Waals surface area contributed by atoms with Crippen LogP contribution in [0.3, 0.4) is 0 Å². The molecule has 0 radical (unpaired) electrons. The third-order valence-corrected chi connectivity index (χ3v) is 8.48. The summed E-state index contributed by atoms with van der Waals surface area (Å²) in [4.78, 5) is 48.0. The first-order valence-electron chi connectivity index (χ1n) is 17.0. The van der Waals surface area contributed by atoms with Gasteiger partial charge in [0.05, 0.1) is 21.6 Å². The Kier molecular flexibility index (Phi) is 11.5. The number of nitrogens with zero attached hydrogens (tertiary/aromatic N) is 3. The van der Waals surface area contributed by atoms with Gasteiger partial charge in [0, 0.05) is 16.7 Å². The van der Waals surface area contributed by atoms with Gasteiger partial charge in [0.2, 0.25) is 17.7 Å². The monoisotopic (exact) mass is 805 g/mol. The smallest absolute Gasteiger partial charge is 0.387 e. The highest BCUT2D eigenvalue weighted by molar-refractivity contribution is 6.35. The van der Waals surface area contributed by atoms with Crippen molar-refractivity contribution in [3.8, 4) is 40.1 Å². The quantitative estimate of drug-likeness (QED) is 0.155. The predicted octanol–water partition coefficient (Wildman–Crippen LogP) is 10.1. The fourth-order valence-electron chi connectivity index (χ4n) is 5.57. The number of hydrogen-bond donors (Lipinski definition) is 0. The van der Waals surface area contributed by atoms with E-state index >= 15 is 0 Å². The molecule has 0 atom stereocenters. The molecule has 0 fully saturated rings. The maximum Gasteiger partial charge on any atom is 0.387 e. The van der Waals surface area contributed by atoms with Crippen molar-refractivity contribution in [3.63, 3.8) is 0 Å². The van der Waals surface area contributed by atoms with E-state index in [9.17, 15) is 31.9 Å². The second-order valence-electron chi connectivity index (χ2n) is 12.0. The Morgan fingerprint density at radius 1 is 0.483 bits per heavy atom. The van der Waals surface area contributed by atoms with Crippen molar-refractivity contribution >= 4 is 44.3 Å². The molecular weight excluding hydrogens is 782 g/mol. The van der Waals surface area contributed by atoms with Crippen LogP contribution in [0.25, 0.3) is 67.1 Å². The van der Waals surface area contributed by atoms with Crippen molar-refractivity contribution in [2.45, 2.75) is 6.61 Å². The average Bonchev–Trinajstić information content (AvgIpc) is 3.21. The molecule has 58 heavy (non-hydrogen) atoms. The van der Waals surface area contributed by atoms with E-state index in [1.165, 1.54) is 48.5 Å². The molecule has 0 amide bonds. The minimum Gasteiger partial charge on any atom is -0.435 e. The Morgan fingerprint density at radius 2 is 0.879 bits per heavy atom. The van der Waals surface area contributed by atoms with E-state index in [-0.39, 0.29) is 39.4 Å². The minimum atomic E-state index is -2.97. The molecule has 0 aliphatic carbocycles. The number of aromatic nitrogens is 3. The zero-order valence-corrected chi connectivity index (χ0v) is 30.2. The summed E-state index contributed by atoms with van der Waals surface area (Å²) >= 11 is 5.96. The van der Waals surface area contributed by atoms with Gasteiger partial charge in [-0.3, -0.25) is 0 Å². The third-order valence-electron chi connectivity index (χ3n) is 8.17. The van der Waals surface area contributed by atoms with Crippen molar-refractivity contribution in [2.75, 3.05) is 0 Å². The summed E-state index contributed by atoms with van der Waals surface area (Å²) in [6, 6.07) is 37.3. The van der Waals surface area contributed by atoms with Crippen molar-refractivity contribution in [1.82, 2.24) is 15.0 Å². The number of halogens is 5. The van der Waals surface area contributed by atoms with Crippen LogP contribution < -0.4 is 21.6 Å². The van der Waals surface area contributed by atoms with Gasteiger partial charge in [-0.15, -0.1) is 0 Å². The molecule has 0 bridgehead atoms. The summed E-state index contributed by atoms with van der Waals surface area (Å²) in [6.45, 7) is -2.97. The first-order chi connectivity index (χ1) is 28.0. The number of rotatable bonds is 5. The van der Waals surface area contributed by atoms with Gasteiger partial charge in [-0.25, -0.2) is 38.1 Å². The number of benzene rings is 6. The van der Waals surface area contributed by atoms with Gasteiger partial charge < -0.3 is 18.0 Å². The molecule has 0 aliphatic heterocycles. The summed E-state index contributed by atoms with van der Waals surface area (Å²) in [6.07, 6.45) is 0. The van der Waals surface area contributed by atoms with Crippen molar-refractivity contribution in [2.24, 2.45) is 0 Å². The molecular formula is C43H24ClF4N3O7. The van der Waals surface area contributed by atoms with Crippen molar-refractivity contribution in [3.05, 3.63) is 187 Å². The Morgan fingerprint density at radius 3 is 1.36 bits per heavy atom. The fraction of sp³-hybridized carbons (Fsp3) is 0.0233. The molecule has 15 heteroatoms. The van der Waals surface area contributed by atoms with Crippen LogP contribution in [0.4, 0.5) is 17.6 Å². The Balaban J connectivity index is 0.000000133. The summed E-state index contributed by atoms with van der Waals surface area (Å²) in [7, 11) is 0. The van der Waals surface area contributed by atoms with Crippen LogP contribution in [-0.2, 0) is 0 Å². The highest BCUT2D eigenvalue weighted by Crippen LogP contribution is 2.26. The van der Waals surface area contributed by atoms with Crippen LogP contribution in [0.2, 0.25) is 5.02 Å². The van der Waals surface area contributed by atoms with Crippen LogP contribution in [-0.4, -0.2) is 21.6 Å². The average molecular weight is 806 g/mol. The van der Waals surface area contributed by atoms with Crippen LogP contribution >= 0.6 is 11.6 Å². The number of fused-ring (bicyclic) bond motifs is 3. The van der Waals surface area contributed by atoms with Crippen LogP contribution in [0, 0.1) is 11.6 Å². The molecule has 288 valence electrons. The van der Waals surface area contributed by atoms with E-state index in [4.69, 9.17) is 24.9 Å². The lowest BCUT2D eigenvalue weighted by Gasteiger charge is -2.06. The standard InChI is InChI=1S/C15H8F3NO3.C14H8ClNO2.C14H8FNO2/c16-10-5-2-6-11-12(10)14(20)22-13(19-11)8-3-1-4-9(7-8)21-15(17)18;2*15-10-7-4-8-11-12(10)14(17)18-13(16-11)9-5-2-1-3-6-9/h1-7,15H;2*1-8H. The molecule has 0 unspecified atom stereocenters. The Labute approximate surface area is 328 Å². The molecule has 10 nitrogen and oxygen atoms in total. The zero-order valence-electron chi connectivity index (χ0n) is 29.4. The van der Waals surface area contributed by atoms with Crippen molar-refractivity contribution < 1.29 is 35.5 Å². The van der Waals surface area contributed by atoms with Crippen LogP contribution in [0.5, 0.6) is 5.75 Å². The van der Waals surface area contributed by atoms with Gasteiger partial charge >= 0.3 is 23.5 Å². The summed E-state index contributed by atoms with van der Waals surface area (Å²) < 4.78 is 71.0. The SMILES string of the molecule is O=c1oc(-c2cccc(OC(F)F)c2)nc2cccc(F)c12.O=c1oc(-c2ccccc2)nc2cccc(Cl)c12.O=c1oc(-c2ccccc2)nc2cccc(F)c12. The van der Waals surface area contributed by atoms with E-state index in [0.717, 1.165) is 11.6 Å². The third kappa shape index (κ3) is 8.67. The Hall–Kier alpha value is -7.45. The maximum absolute atomic E-state index is 13.6. The summed E-state index contributed by atoms with van der Waals surface area (Å²) in [5.41, 5.74) is 0.590. The topological polar surface area (TPSA) is 139 Å². The van der Waals surface area contributed by atoms with Gasteiger partial charge in [-0.1, -0.05) is 72.3 Å². The van der Waals surface area contributed by atoms with E-state index in [0.29, 0.717) is 32.9 Å². The molecule has 0 saturated carbocycles. The van der Waals surface area contributed by atoms with Crippen LogP contribution in [0.1, 0.15) is 0 Å². The van der Waals surface area contributed by atoms with E-state index in [1.54, 1.807) is 36.4 Å². The van der Waals surface area contributed by atoms with Crippen LogP contribution in [0.15, 0.2) is 167 Å². The fourth-order valence-corrected chi connectivity index (χ4v) is 5.82. The normalized spacial score (nSPS) is 10.9. The summed E-state index contributed by atoms with van der Waals surface area (Å²) in [5.74, 6) is -1.07. The van der Waals surface area contributed by atoms with Gasteiger partial charge in [-0.05, 0) is 78.9 Å². The zero-order chi connectivity index (χ0) is 40.8. The largest absolute Gasteiger partial charge is 0.435 e. The second kappa shape index (κ2) is 17.1. The van der Waals surface area contributed by atoms with E-state index < -0.39 is 35.1 Å². The highest BCUT2D eigenvalue weighted by atomic mass is 35.5. The minimum absolute atomic E-state index is 0.101. The molecule has 6 aromatic carbocycles. The van der Waals surface area contributed by atoms with Gasteiger partial charge in [-0.2, -0.15) is 8.78 Å². The van der Waals surface area contributed by atoms with Gasteiger partial charge in [0.25, 0.3) is 0 Å². The Bertz CT molecular complexity index is 2960. The first kappa shape index (κ1) is 38.8. The lowest BCUT2D eigenvalue weighted by molar-refractivity contribution is -0.0498. The van der Waals surface area contributed by atoms with E-state index in [2.05, 4.69) is 19.7 Å². The molecule has 9 aromatic rings. The van der Waals surface area contributed by atoms with Crippen molar-refractivity contribution in [1.29, 1.82) is 0 Å². The molecule has 0 saturated heterocycles. The number of ether oxygens (including phenoxy) is 1. The lowest BCUT2D eigenvalue weighted by atomic mass is 10.2. The number of alkyl halides is 2. The van der Waals surface area contributed by atoms with Gasteiger partial charge in [0.1, 0.15) is 33.5 Å². The molecule has 9 rings (SSSR count). The van der Waals surface area contributed by atoms with E-state index in [1.807, 2.05) is 48.5 Å². The highest BCUT2D eigenvalue weighted by Gasteiger charge is 2.15. The predicted molar refractivity (Wildman–Crippen MR) is 209 cm³/mol.